The molecule has 1 aromatic carbocycles. The molecule has 2 rings (SSSR count). The Morgan fingerprint density at radius 1 is 1.21 bits per heavy atom. The third-order valence-corrected chi connectivity index (χ3v) is 5.73. The van der Waals surface area contributed by atoms with Crippen LogP contribution in [0.2, 0.25) is 0 Å². The van der Waals surface area contributed by atoms with Crippen molar-refractivity contribution >= 4 is 17.8 Å². The molecule has 0 atom stereocenters. The van der Waals surface area contributed by atoms with E-state index in [9.17, 15) is 18.0 Å². The minimum atomic E-state index is -4.67. The molecule has 0 bridgehead atoms. The summed E-state index contributed by atoms with van der Waals surface area (Å²) in [5.41, 5.74) is -1.79. The number of amides is 1. The molecule has 1 N–H and O–H groups in total. The third-order valence-electron chi connectivity index (χ3n) is 5.73. The van der Waals surface area contributed by atoms with Crippen molar-refractivity contribution in [1.82, 2.24) is 5.32 Å². The fourth-order valence-electron chi connectivity index (χ4n) is 4.55. The van der Waals surface area contributed by atoms with E-state index in [2.05, 4.69) is 15.3 Å². The maximum atomic E-state index is 13.3. The van der Waals surface area contributed by atoms with Crippen molar-refractivity contribution in [3.8, 4) is 11.8 Å². The summed E-state index contributed by atoms with van der Waals surface area (Å²) in [5, 5.41) is 12.0. The Morgan fingerprint density at radius 2 is 1.82 bits per heavy atom. The smallest absolute Gasteiger partial charge is 0.417 e. The number of hydrogen-bond donors (Lipinski definition) is 1. The van der Waals surface area contributed by atoms with E-state index in [4.69, 9.17) is 10.00 Å². The summed E-state index contributed by atoms with van der Waals surface area (Å²) in [6.45, 7) is 12.8. The van der Waals surface area contributed by atoms with Gasteiger partial charge in [0.15, 0.2) is 0 Å². The van der Waals surface area contributed by atoms with Gasteiger partial charge in [-0.1, -0.05) is 27.7 Å². The second-order valence-corrected chi connectivity index (χ2v) is 9.34. The van der Waals surface area contributed by atoms with Crippen LogP contribution in [0.5, 0.6) is 5.75 Å². The average Bonchev–Trinajstić information content (AvgIpc) is 2.71. The minimum absolute atomic E-state index is 0.0150. The molecule has 1 fully saturated rings. The molecule has 1 aromatic rings. The molecule has 33 heavy (non-hydrogen) atoms. The topological polar surface area (TPSA) is 86.8 Å². The molecule has 0 aliphatic heterocycles. The number of hydrogen-bond acceptors (Lipinski definition) is 5. The van der Waals surface area contributed by atoms with Crippen molar-refractivity contribution in [3.05, 3.63) is 41.2 Å². The molecule has 1 aliphatic carbocycles. The molecule has 0 radical (unpaired) electrons. The van der Waals surface area contributed by atoms with Crippen molar-refractivity contribution in [1.29, 1.82) is 5.26 Å². The minimum Gasteiger partial charge on any atom is -0.489 e. The van der Waals surface area contributed by atoms with Crippen molar-refractivity contribution in [3.63, 3.8) is 0 Å². The molecule has 1 saturated carbocycles. The first-order valence-corrected chi connectivity index (χ1v) is 10.4. The Bertz CT molecular complexity index is 1030. The van der Waals surface area contributed by atoms with E-state index in [1.807, 2.05) is 27.7 Å². The van der Waals surface area contributed by atoms with Gasteiger partial charge in [-0.15, -0.1) is 0 Å². The summed E-state index contributed by atoms with van der Waals surface area (Å²) in [5.74, 6) is -0.387. The van der Waals surface area contributed by atoms with Gasteiger partial charge < -0.3 is 10.1 Å². The predicted molar refractivity (Wildman–Crippen MR) is 121 cm³/mol. The van der Waals surface area contributed by atoms with Gasteiger partial charge in [-0.2, -0.15) is 18.4 Å². The zero-order valence-corrected chi connectivity index (χ0v) is 19.8. The fourth-order valence-corrected chi connectivity index (χ4v) is 4.55. The van der Waals surface area contributed by atoms with Crippen LogP contribution in [0.4, 0.5) is 13.2 Å². The van der Waals surface area contributed by atoms with Gasteiger partial charge in [-0.25, -0.2) is 0 Å². The van der Waals surface area contributed by atoms with Crippen LogP contribution < -0.4 is 10.1 Å². The van der Waals surface area contributed by atoms with Gasteiger partial charge in [-0.3, -0.25) is 14.8 Å². The second-order valence-electron chi connectivity index (χ2n) is 9.34. The summed E-state index contributed by atoms with van der Waals surface area (Å²) in [4.78, 5) is 21.1. The molecular formula is C24H29F3N4O2. The van der Waals surface area contributed by atoms with Crippen molar-refractivity contribution < 1.29 is 22.7 Å². The maximum Gasteiger partial charge on any atom is 0.417 e. The highest BCUT2D eigenvalue weighted by Crippen LogP contribution is 2.55. The Labute approximate surface area is 192 Å². The van der Waals surface area contributed by atoms with Gasteiger partial charge in [0.2, 0.25) is 0 Å². The molecule has 0 spiro atoms. The monoisotopic (exact) mass is 462 g/mol. The van der Waals surface area contributed by atoms with Crippen LogP contribution in [0.15, 0.2) is 40.1 Å². The zero-order chi connectivity index (χ0) is 25.2. The molecule has 0 unspecified atom stereocenters. The summed E-state index contributed by atoms with van der Waals surface area (Å²) < 4.78 is 46.0. The molecule has 178 valence electrons. The van der Waals surface area contributed by atoms with Crippen LogP contribution in [0.25, 0.3) is 0 Å². The quantitative estimate of drug-likeness (QED) is 0.460. The van der Waals surface area contributed by atoms with E-state index in [-0.39, 0.29) is 17.5 Å². The first-order valence-electron chi connectivity index (χ1n) is 10.4. The van der Waals surface area contributed by atoms with Crippen LogP contribution in [-0.4, -0.2) is 30.0 Å². The van der Waals surface area contributed by atoms with E-state index < -0.39 is 40.1 Å². The number of halogens is 3. The standard InChI is InChI=1S/C24H29F3N4O2/c1-8-29-18(13-30-14(2)3)19(32)31-20-22(4,5)21(23(20,6)7)33-16-10-9-15(12-28)17(11-16)24(25,26)27/h8-11,13,20-21H,1-7H3,(H,31,32)/b18-13-,29-8?. The summed E-state index contributed by atoms with van der Waals surface area (Å²) in [6, 6.07) is 4.52. The lowest BCUT2D eigenvalue weighted by atomic mass is 9.49. The normalized spacial score (nSPS) is 21.7. The SMILES string of the molecule is CC=N/C(=C\N=C(C)C)C(=O)NC1C(C)(C)C(Oc2ccc(C#N)c(C(F)(F)F)c2)C1(C)C. The number of benzene rings is 1. The van der Waals surface area contributed by atoms with Gasteiger partial charge in [0.25, 0.3) is 5.91 Å². The molecule has 1 amide bonds. The number of nitriles is 1. The highest BCUT2D eigenvalue weighted by molar-refractivity contribution is 5.95. The molecule has 0 saturated heterocycles. The molecule has 1 aliphatic rings. The van der Waals surface area contributed by atoms with E-state index >= 15 is 0 Å². The Kier molecular flexibility index (Phi) is 7.42. The second kappa shape index (κ2) is 9.38. The Hall–Kier alpha value is -3.15. The lowest BCUT2D eigenvalue weighted by Crippen LogP contribution is -2.74. The van der Waals surface area contributed by atoms with E-state index in [0.717, 1.165) is 17.8 Å². The largest absolute Gasteiger partial charge is 0.489 e. The van der Waals surface area contributed by atoms with Crippen LogP contribution in [-0.2, 0) is 11.0 Å². The number of nitrogens with zero attached hydrogens (tertiary/aromatic N) is 3. The fraction of sp³-hybridized carbons (Fsp3) is 0.500. The molecule has 0 heterocycles. The highest BCUT2D eigenvalue weighted by Gasteiger charge is 2.64. The third kappa shape index (κ3) is 5.44. The number of nitrogens with one attached hydrogen (secondary N) is 1. The lowest BCUT2D eigenvalue weighted by Gasteiger charge is -2.63. The van der Waals surface area contributed by atoms with Gasteiger partial charge in [0, 0.05) is 28.8 Å². The van der Waals surface area contributed by atoms with Crippen LogP contribution >= 0.6 is 0 Å². The number of aliphatic imine (C=N–C) groups is 2. The van der Waals surface area contributed by atoms with Gasteiger partial charge in [-0.05, 0) is 39.0 Å². The predicted octanol–water partition coefficient (Wildman–Crippen LogP) is 5.29. The van der Waals surface area contributed by atoms with Gasteiger partial charge in [0.1, 0.15) is 17.6 Å². The van der Waals surface area contributed by atoms with Gasteiger partial charge in [0.05, 0.1) is 23.4 Å². The number of ether oxygens (including phenoxy) is 1. The zero-order valence-electron chi connectivity index (χ0n) is 19.8. The maximum absolute atomic E-state index is 13.3. The van der Waals surface area contributed by atoms with Crippen molar-refractivity contribution in [2.24, 2.45) is 20.8 Å². The first-order chi connectivity index (χ1) is 15.2. The van der Waals surface area contributed by atoms with Crippen molar-refractivity contribution in [2.45, 2.75) is 66.8 Å². The Balaban J connectivity index is 2.28. The van der Waals surface area contributed by atoms with E-state index in [1.54, 1.807) is 26.8 Å². The van der Waals surface area contributed by atoms with E-state index in [1.165, 1.54) is 18.5 Å². The van der Waals surface area contributed by atoms with Crippen LogP contribution in [0, 0.1) is 22.2 Å². The lowest BCUT2D eigenvalue weighted by molar-refractivity contribution is -0.172. The van der Waals surface area contributed by atoms with Gasteiger partial charge >= 0.3 is 6.18 Å². The Morgan fingerprint density at radius 3 is 2.30 bits per heavy atom. The molecule has 6 nitrogen and oxygen atoms in total. The number of alkyl halides is 3. The molecule has 0 aromatic heterocycles. The summed E-state index contributed by atoms with van der Waals surface area (Å²) in [6.07, 6.45) is -2.28. The van der Waals surface area contributed by atoms with Crippen LogP contribution in [0.1, 0.15) is 59.6 Å². The average molecular weight is 463 g/mol. The van der Waals surface area contributed by atoms with Crippen LogP contribution in [0.3, 0.4) is 0 Å². The highest BCUT2D eigenvalue weighted by atomic mass is 19.4. The molecule has 9 heteroatoms. The van der Waals surface area contributed by atoms with E-state index in [0.29, 0.717) is 0 Å². The summed E-state index contributed by atoms with van der Waals surface area (Å²) in [7, 11) is 0. The summed E-state index contributed by atoms with van der Waals surface area (Å²) >= 11 is 0. The van der Waals surface area contributed by atoms with Crippen molar-refractivity contribution in [2.75, 3.05) is 0 Å². The first kappa shape index (κ1) is 26.1. The molecular weight excluding hydrogens is 433 g/mol. The number of rotatable bonds is 6. The number of carbonyl (C=O) groups excluding carboxylic acids is 1. The number of carbonyl (C=O) groups is 1.